The second kappa shape index (κ2) is 11.0. The standard InChI is InChI=1S/C26H24N4O4/c31-24(32)13-11-22(26-30-29-23(34-26)12-6-18-4-2-1-3-5-18)28-25(33)21-9-7-19(8-10-21)20-14-16-27-17-15-20/h1-5,7-10,14-17,22H,6,11-13H2,(H,28,33)(H,31,32)/t22-/m0/s1. The summed E-state index contributed by atoms with van der Waals surface area (Å²) < 4.78 is 5.78. The highest BCUT2D eigenvalue weighted by Crippen LogP contribution is 2.21. The van der Waals surface area contributed by atoms with Crippen LogP contribution in [0.15, 0.2) is 83.5 Å². The van der Waals surface area contributed by atoms with Gasteiger partial charge in [0.1, 0.15) is 6.04 Å². The van der Waals surface area contributed by atoms with Gasteiger partial charge in [-0.15, -0.1) is 10.2 Å². The van der Waals surface area contributed by atoms with Crippen LogP contribution in [-0.4, -0.2) is 32.2 Å². The normalized spacial score (nSPS) is 11.6. The average Bonchev–Trinajstić information content (AvgIpc) is 3.35. The summed E-state index contributed by atoms with van der Waals surface area (Å²) in [4.78, 5) is 28.0. The summed E-state index contributed by atoms with van der Waals surface area (Å²) in [7, 11) is 0. The monoisotopic (exact) mass is 456 g/mol. The summed E-state index contributed by atoms with van der Waals surface area (Å²) in [6, 6.07) is 20.2. The zero-order chi connectivity index (χ0) is 23.8. The number of carboxylic acids is 1. The van der Waals surface area contributed by atoms with Gasteiger partial charge in [0.15, 0.2) is 0 Å². The van der Waals surface area contributed by atoms with Gasteiger partial charge in [0, 0.05) is 30.8 Å². The largest absolute Gasteiger partial charge is 0.481 e. The van der Waals surface area contributed by atoms with Crippen LogP contribution in [0, 0.1) is 0 Å². The average molecular weight is 457 g/mol. The zero-order valence-corrected chi connectivity index (χ0v) is 18.4. The van der Waals surface area contributed by atoms with Crippen LogP contribution in [0.2, 0.25) is 0 Å². The molecule has 0 saturated heterocycles. The number of carbonyl (C=O) groups excluding carboxylic acids is 1. The van der Waals surface area contributed by atoms with Crippen LogP contribution >= 0.6 is 0 Å². The molecule has 2 aromatic carbocycles. The van der Waals surface area contributed by atoms with Crippen LogP contribution in [-0.2, 0) is 17.6 Å². The van der Waals surface area contributed by atoms with Gasteiger partial charge < -0.3 is 14.8 Å². The first kappa shape index (κ1) is 22.8. The van der Waals surface area contributed by atoms with Gasteiger partial charge in [0.25, 0.3) is 5.91 Å². The van der Waals surface area contributed by atoms with E-state index in [-0.39, 0.29) is 24.6 Å². The van der Waals surface area contributed by atoms with Crippen molar-refractivity contribution in [1.82, 2.24) is 20.5 Å². The number of aromatic nitrogens is 3. The highest BCUT2D eigenvalue weighted by molar-refractivity contribution is 5.94. The SMILES string of the molecule is O=C(O)CC[C@H](NC(=O)c1ccc(-c2ccncc2)cc1)c1nnc(CCc2ccccc2)o1. The highest BCUT2D eigenvalue weighted by Gasteiger charge is 2.23. The Kier molecular flexibility index (Phi) is 7.39. The maximum absolute atomic E-state index is 12.9. The van der Waals surface area contributed by atoms with Crippen molar-refractivity contribution in [2.45, 2.75) is 31.7 Å². The van der Waals surface area contributed by atoms with Gasteiger partial charge in [0.05, 0.1) is 0 Å². The summed E-state index contributed by atoms with van der Waals surface area (Å²) in [6.07, 6.45) is 4.69. The van der Waals surface area contributed by atoms with Gasteiger partial charge in [-0.25, -0.2) is 0 Å². The van der Waals surface area contributed by atoms with Gasteiger partial charge in [-0.1, -0.05) is 42.5 Å². The summed E-state index contributed by atoms with van der Waals surface area (Å²) in [6.45, 7) is 0. The van der Waals surface area contributed by atoms with Crippen molar-refractivity contribution in [2.75, 3.05) is 0 Å². The van der Waals surface area contributed by atoms with Crippen LogP contribution in [0.1, 0.15) is 46.6 Å². The number of amides is 1. The Morgan fingerprint density at radius 1 is 0.882 bits per heavy atom. The first-order valence-corrected chi connectivity index (χ1v) is 11.0. The fraction of sp³-hybridized carbons (Fsp3) is 0.192. The van der Waals surface area contributed by atoms with Crippen LogP contribution in [0.25, 0.3) is 11.1 Å². The molecular weight excluding hydrogens is 432 g/mol. The predicted octanol–water partition coefficient (Wildman–Crippen LogP) is 4.25. The quantitative estimate of drug-likeness (QED) is 0.366. The number of aryl methyl sites for hydroxylation is 2. The molecule has 0 aliphatic carbocycles. The number of nitrogens with one attached hydrogen (secondary N) is 1. The van der Waals surface area contributed by atoms with E-state index in [0.717, 1.165) is 23.1 Å². The molecule has 0 unspecified atom stereocenters. The first-order valence-electron chi connectivity index (χ1n) is 11.0. The summed E-state index contributed by atoms with van der Waals surface area (Å²) >= 11 is 0. The van der Waals surface area contributed by atoms with Gasteiger partial charge in [-0.2, -0.15) is 0 Å². The topological polar surface area (TPSA) is 118 Å². The molecule has 0 spiro atoms. The fourth-order valence-corrected chi connectivity index (χ4v) is 3.53. The van der Waals surface area contributed by atoms with E-state index in [1.807, 2.05) is 54.6 Å². The number of nitrogens with zero attached hydrogens (tertiary/aromatic N) is 3. The lowest BCUT2D eigenvalue weighted by Gasteiger charge is -2.14. The molecule has 8 heteroatoms. The van der Waals surface area contributed by atoms with E-state index >= 15 is 0 Å². The Morgan fingerprint density at radius 3 is 2.29 bits per heavy atom. The van der Waals surface area contributed by atoms with Crippen molar-refractivity contribution in [2.24, 2.45) is 0 Å². The van der Waals surface area contributed by atoms with Gasteiger partial charge >= 0.3 is 5.97 Å². The van der Waals surface area contributed by atoms with Crippen molar-refractivity contribution in [3.63, 3.8) is 0 Å². The maximum atomic E-state index is 12.9. The molecule has 0 fully saturated rings. The molecule has 4 rings (SSSR count). The number of carboxylic acid groups (broad SMARTS) is 1. The van der Waals surface area contributed by atoms with E-state index in [9.17, 15) is 9.59 Å². The molecule has 0 aliphatic heterocycles. The van der Waals surface area contributed by atoms with E-state index in [0.29, 0.717) is 17.9 Å². The summed E-state index contributed by atoms with van der Waals surface area (Å²) in [5.74, 6) is -0.674. The van der Waals surface area contributed by atoms with Crippen molar-refractivity contribution in [3.8, 4) is 11.1 Å². The second-order valence-electron chi connectivity index (χ2n) is 7.79. The Balaban J connectivity index is 1.44. The highest BCUT2D eigenvalue weighted by atomic mass is 16.4. The third-order valence-electron chi connectivity index (χ3n) is 5.36. The Morgan fingerprint density at radius 2 is 1.59 bits per heavy atom. The minimum Gasteiger partial charge on any atom is -0.481 e. The van der Waals surface area contributed by atoms with Crippen LogP contribution in [0.4, 0.5) is 0 Å². The molecule has 0 bridgehead atoms. The van der Waals surface area contributed by atoms with E-state index in [4.69, 9.17) is 9.52 Å². The smallest absolute Gasteiger partial charge is 0.303 e. The van der Waals surface area contributed by atoms with Crippen LogP contribution in [0.5, 0.6) is 0 Å². The molecule has 0 aliphatic rings. The fourth-order valence-electron chi connectivity index (χ4n) is 3.53. The molecule has 1 atom stereocenters. The first-order chi connectivity index (χ1) is 16.6. The minimum absolute atomic E-state index is 0.135. The molecule has 0 radical (unpaired) electrons. The molecule has 34 heavy (non-hydrogen) atoms. The molecule has 172 valence electrons. The number of hydrogen-bond donors (Lipinski definition) is 2. The molecule has 2 heterocycles. The van der Waals surface area contributed by atoms with Gasteiger partial charge in [-0.05, 0) is 53.8 Å². The third-order valence-corrected chi connectivity index (χ3v) is 5.36. The van der Waals surface area contributed by atoms with E-state index in [1.165, 1.54) is 0 Å². The molecule has 2 aromatic heterocycles. The third kappa shape index (κ3) is 6.13. The zero-order valence-electron chi connectivity index (χ0n) is 18.4. The van der Waals surface area contributed by atoms with Crippen molar-refractivity contribution < 1.29 is 19.1 Å². The van der Waals surface area contributed by atoms with E-state index < -0.39 is 12.0 Å². The number of pyridine rings is 1. The van der Waals surface area contributed by atoms with Gasteiger partial charge in [-0.3, -0.25) is 14.6 Å². The van der Waals surface area contributed by atoms with Crippen molar-refractivity contribution >= 4 is 11.9 Å². The van der Waals surface area contributed by atoms with Crippen LogP contribution in [0.3, 0.4) is 0 Å². The number of rotatable bonds is 10. The number of hydrogen-bond acceptors (Lipinski definition) is 6. The molecule has 0 saturated carbocycles. The number of benzene rings is 2. The molecule has 1 amide bonds. The number of aliphatic carboxylic acids is 1. The lowest BCUT2D eigenvalue weighted by molar-refractivity contribution is -0.137. The van der Waals surface area contributed by atoms with E-state index in [1.54, 1.807) is 24.5 Å². The lowest BCUT2D eigenvalue weighted by atomic mass is 10.0. The van der Waals surface area contributed by atoms with Crippen molar-refractivity contribution in [3.05, 3.63) is 102 Å². The Bertz CT molecular complexity index is 1220. The number of carbonyl (C=O) groups is 2. The summed E-state index contributed by atoms with van der Waals surface area (Å²) in [5.41, 5.74) is 3.55. The maximum Gasteiger partial charge on any atom is 0.303 e. The molecule has 8 nitrogen and oxygen atoms in total. The second-order valence-corrected chi connectivity index (χ2v) is 7.79. The molecular formula is C26H24N4O4. The van der Waals surface area contributed by atoms with Crippen molar-refractivity contribution in [1.29, 1.82) is 0 Å². The molecule has 2 N–H and O–H groups in total. The van der Waals surface area contributed by atoms with Crippen LogP contribution < -0.4 is 5.32 Å². The van der Waals surface area contributed by atoms with E-state index in [2.05, 4.69) is 20.5 Å². The predicted molar refractivity (Wildman–Crippen MR) is 125 cm³/mol. The summed E-state index contributed by atoms with van der Waals surface area (Å²) in [5, 5.41) is 20.1. The Labute approximate surface area is 196 Å². The molecule has 4 aromatic rings. The Hall–Kier alpha value is -4.33. The van der Waals surface area contributed by atoms with Gasteiger partial charge in [0.2, 0.25) is 11.8 Å². The lowest BCUT2D eigenvalue weighted by Crippen LogP contribution is -2.29. The minimum atomic E-state index is -0.968.